The van der Waals surface area contributed by atoms with Gasteiger partial charge in [-0.2, -0.15) is 12.6 Å². The first-order valence-electron chi connectivity index (χ1n) is 12.0. The molecule has 0 aliphatic rings. The monoisotopic (exact) mass is 564 g/mol. The van der Waals surface area contributed by atoms with Crippen LogP contribution >= 0.6 is 12.6 Å². The molecule has 10 N–H and O–H groups in total. The van der Waals surface area contributed by atoms with Crippen molar-refractivity contribution in [3.05, 3.63) is 36.0 Å². The molecule has 4 unspecified atom stereocenters. The molecule has 4 amide bonds. The summed E-state index contributed by atoms with van der Waals surface area (Å²) in [6, 6.07) is 2.03. The fraction of sp³-hybridized carbons (Fsp3) is 0.417. The fourth-order valence-electron chi connectivity index (χ4n) is 3.70. The number of carbonyl (C=O) groups excluding carboxylic acids is 4. The summed E-state index contributed by atoms with van der Waals surface area (Å²) in [5.41, 5.74) is 12.3. The van der Waals surface area contributed by atoms with E-state index in [9.17, 15) is 33.9 Å². The van der Waals surface area contributed by atoms with E-state index in [2.05, 4.69) is 33.6 Å². The second-order valence-corrected chi connectivity index (χ2v) is 9.18. The molecule has 0 fully saturated rings. The van der Waals surface area contributed by atoms with Crippen LogP contribution in [0.4, 0.5) is 0 Å². The fourth-order valence-corrected chi connectivity index (χ4v) is 3.96. The van der Waals surface area contributed by atoms with Crippen LogP contribution < -0.4 is 27.4 Å². The maximum absolute atomic E-state index is 13.1. The lowest BCUT2D eigenvalue weighted by molar-refractivity contribution is -0.142. The number of aromatic nitrogens is 1. The molecular weight excluding hydrogens is 532 g/mol. The number of primary amides is 1. The first-order chi connectivity index (χ1) is 18.4. The third-order valence-corrected chi connectivity index (χ3v) is 6.21. The molecule has 4 atom stereocenters. The van der Waals surface area contributed by atoms with Gasteiger partial charge >= 0.3 is 11.9 Å². The Bertz CT molecular complexity index is 1220. The summed E-state index contributed by atoms with van der Waals surface area (Å²) in [4.78, 5) is 75.2. The lowest BCUT2D eigenvalue weighted by Crippen LogP contribution is -2.58. The van der Waals surface area contributed by atoms with Gasteiger partial charge < -0.3 is 42.6 Å². The summed E-state index contributed by atoms with van der Waals surface area (Å²) >= 11 is 4.04. The first-order valence-corrected chi connectivity index (χ1v) is 12.6. The zero-order chi connectivity index (χ0) is 29.1. The number of benzene rings is 1. The van der Waals surface area contributed by atoms with Crippen LogP contribution in [0, 0.1) is 0 Å². The molecule has 14 nitrogen and oxygen atoms in total. The molecule has 0 saturated heterocycles. The van der Waals surface area contributed by atoms with Crippen molar-refractivity contribution in [2.75, 3.05) is 5.75 Å². The Labute approximate surface area is 228 Å². The van der Waals surface area contributed by atoms with Gasteiger partial charge in [-0.25, -0.2) is 4.79 Å². The number of nitrogens with one attached hydrogen (secondary N) is 4. The van der Waals surface area contributed by atoms with Crippen LogP contribution in [0.15, 0.2) is 30.5 Å². The molecule has 15 heteroatoms. The molecule has 0 aliphatic heterocycles. The highest BCUT2D eigenvalue weighted by Crippen LogP contribution is 2.19. The minimum atomic E-state index is -1.37. The summed E-state index contributed by atoms with van der Waals surface area (Å²) in [5.74, 6) is -5.94. The van der Waals surface area contributed by atoms with E-state index in [0.717, 1.165) is 10.9 Å². The maximum atomic E-state index is 13.1. The first kappa shape index (κ1) is 31.1. The highest BCUT2D eigenvalue weighted by atomic mass is 32.1. The van der Waals surface area contributed by atoms with Crippen molar-refractivity contribution in [3.63, 3.8) is 0 Å². The Kier molecular flexibility index (Phi) is 11.7. The number of hydrogen-bond donors (Lipinski definition) is 9. The number of aromatic amines is 1. The number of hydrogen-bond acceptors (Lipinski definition) is 8. The van der Waals surface area contributed by atoms with Gasteiger partial charge in [0, 0.05) is 42.1 Å². The summed E-state index contributed by atoms with van der Waals surface area (Å²) < 4.78 is 0. The number of rotatable bonds is 16. The predicted molar refractivity (Wildman–Crippen MR) is 143 cm³/mol. The molecule has 1 aromatic carbocycles. The van der Waals surface area contributed by atoms with Gasteiger partial charge in [-0.1, -0.05) is 18.2 Å². The van der Waals surface area contributed by atoms with Crippen molar-refractivity contribution in [2.45, 2.75) is 56.3 Å². The van der Waals surface area contributed by atoms with E-state index in [-0.39, 0.29) is 37.9 Å². The number of nitrogens with two attached hydrogens (primary N) is 2. The molecule has 0 spiro atoms. The molecule has 1 heterocycles. The molecule has 212 valence electrons. The highest BCUT2D eigenvalue weighted by Gasteiger charge is 2.30. The number of thiol groups is 1. The van der Waals surface area contributed by atoms with Crippen LogP contribution in [0.2, 0.25) is 0 Å². The third kappa shape index (κ3) is 9.61. The van der Waals surface area contributed by atoms with E-state index in [4.69, 9.17) is 16.6 Å². The average Bonchev–Trinajstić information content (AvgIpc) is 3.29. The minimum Gasteiger partial charge on any atom is -0.481 e. The van der Waals surface area contributed by atoms with E-state index < -0.39 is 59.7 Å². The van der Waals surface area contributed by atoms with E-state index in [1.54, 1.807) is 18.3 Å². The van der Waals surface area contributed by atoms with Crippen molar-refractivity contribution in [1.29, 1.82) is 0 Å². The van der Waals surface area contributed by atoms with E-state index in [0.29, 0.717) is 5.56 Å². The normalized spacial score (nSPS) is 14.0. The average molecular weight is 565 g/mol. The van der Waals surface area contributed by atoms with Crippen LogP contribution in [0.1, 0.15) is 31.2 Å². The maximum Gasteiger partial charge on any atom is 0.326 e. The van der Waals surface area contributed by atoms with Gasteiger partial charge in [0.1, 0.15) is 18.1 Å². The Morgan fingerprint density at radius 2 is 1.49 bits per heavy atom. The Balaban J connectivity index is 2.12. The number of carboxylic acid groups (broad SMARTS) is 2. The third-order valence-electron chi connectivity index (χ3n) is 5.85. The van der Waals surface area contributed by atoms with Crippen molar-refractivity contribution in [2.24, 2.45) is 11.5 Å². The van der Waals surface area contributed by atoms with E-state index >= 15 is 0 Å². The number of para-hydroxylation sites is 1. The molecule has 1 aromatic heterocycles. The Hall–Kier alpha value is -4.11. The van der Waals surface area contributed by atoms with Gasteiger partial charge in [-0.15, -0.1) is 0 Å². The molecular formula is C24H32N6O8S. The quantitative estimate of drug-likeness (QED) is 0.109. The lowest BCUT2D eigenvalue weighted by atomic mass is 10.0. The molecule has 2 aromatic rings. The van der Waals surface area contributed by atoms with Gasteiger partial charge in [-0.3, -0.25) is 24.0 Å². The molecule has 0 bridgehead atoms. The number of aliphatic carboxylic acids is 2. The van der Waals surface area contributed by atoms with E-state index in [1.807, 2.05) is 12.1 Å². The standard InChI is InChI=1S/C24H32N6O8S/c25-14(5-8-20(32)33)21(34)30-18(11-39)23(36)28-16(6-7-19(26)31)22(35)29-17(24(37)38)9-12-10-27-15-4-2-1-3-13(12)15/h1-4,10,14,16-18,27,39H,5-9,11,25H2,(H2,26,31)(H,28,36)(H,29,35)(H,30,34)(H,32,33)(H,37,38). The van der Waals surface area contributed by atoms with Crippen molar-refractivity contribution < 1.29 is 39.0 Å². The van der Waals surface area contributed by atoms with Crippen LogP contribution in [-0.4, -0.2) is 80.7 Å². The molecule has 2 rings (SSSR count). The van der Waals surface area contributed by atoms with Gasteiger partial charge in [0.05, 0.1) is 6.04 Å². The van der Waals surface area contributed by atoms with Crippen LogP contribution in [0.25, 0.3) is 10.9 Å². The number of carboxylic acids is 2. The minimum absolute atomic E-state index is 0.0644. The van der Waals surface area contributed by atoms with Gasteiger partial charge in [0.15, 0.2) is 0 Å². The lowest BCUT2D eigenvalue weighted by Gasteiger charge is -2.24. The summed E-state index contributed by atoms with van der Waals surface area (Å²) in [7, 11) is 0. The zero-order valence-electron chi connectivity index (χ0n) is 20.9. The molecule has 0 aliphatic carbocycles. The molecule has 39 heavy (non-hydrogen) atoms. The summed E-state index contributed by atoms with van der Waals surface area (Å²) in [6.07, 6.45) is 0.517. The van der Waals surface area contributed by atoms with Crippen LogP contribution in [0.5, 0.6) is 0 Å². The van der Waals surface area contributed by atoms with Crippen LogP contribution in [-0.2, 0) is 35.2 Å². The SMILES string of the molecule is NC(=O)CCC(NC(=O)C(CS)NC(=O)C(N)CCC(=O)O)C(=O)NC(Cc1c[nH]c2ccccc12)C(=O)O. The second kappa shape index (κ2) is 14.7. The van der Waals surface area contributed by atoms with Crippen molar-refractivity contribution in [3.8, 4) is 0 Å². The molecule has 0 saturated carbocycles. The molecule has 0 radical (unpaired) electrons. The van der Waals surface area contributed by atoms with Gasteiger partial charge in [0.25, 0.3) is 0 Å². The Morgan fingerprint density at radius 3 is 2.10 bits per heavy atom. The smallest absolute Gasteiger partial charge is 0.326 e. The topological polar surface area (TPSA) is 247 Å². The van der Waals surface area contributed by atoms with E-state index in [1.165, 1.54) is 0 Å². The number of fused-ring (bicyclic) bond motifs is 1. The van der Waals surface area contributed by atoms with Crippen LogP contribution in [0.3, 0.4) is 0 Å². The van der Waals surface area contributed by atoms with Crippen molar-refractivity contribution in [1.82, 2.24) is 20.9 Å². The number of H-pyrrole nitrogens is 1. The largest absolute Gasteiger partial charge is 0.481 e. The Morgan fingerprint density at radius 1 is 0.872 bits per heavy atom. The number of carbonyl (C=O) groups is 6. The predicted octanol–water partition coefficient (Wildman–Crippen LogP) is -1.36. The van der Waals surface area contributed by atoms with Gasteiger partial charge in [0.2, 0.25) is 23.6 Å². The zero-order valence-corrected chi connectivity index (χ0v) is 21.8. The summed E-state index contributed by atoms with van der Waals surface area (Å²) in [5, 5.41) is 26.4. The van der Waals surface area contributed by atoms with Gasteiger partial charge in [-0.05, 0) is 24.5 Å². The second-order valence-electron chi connectivity index (χ2n) is 8.81. The number of amides is 4. The van der Waals surface area contributed by atoms with Crippen molar-refractivity contribution >= 4 is 59.1 Å². The summed E-state index contributed by atoms with van der Waals surface area (Å²) in [6.45, 7) is 0. The highest BCUT2D eigenvalue weighted by molar-refractivity contribution is 7.80.